The highest BCUT2D eigenvalue weighted by molar-refractivity contribution is 5.04. The molecule has 0 amide bonds. The van der Waals surface area contributed by atoms with Gasteiger partial charge >= 0.3 is 0 Å². The fourth-order valence-corrected chi connectivity index (χ4v) is 3.76. The zero-order valence-corrected chi connectivity index (χ0v) is 11.0. The van der Waals surface area contributed by atoms with Gasteiger partial charge in [0.1, 0.15) is 5.67 Å². The summed E-state index contributed by atoms with van der Waals surface area (Å²) in [6.45, 7) is 2.36. The number of alkyl halides is 1. The van der Waals surface area contributed by atoms with Gasteiger partial charge in [-0.3, -0.25) is 0 Å². The summed E-state index contributed by atoms with van der Waals surface area (Å²) in [7, 11) is 0. The molecule has 1 aliphatic carbocycles. The molecule has 0 aromatic rings. The van der Waals surface area contributed by atoms with Crippen LogP contribution in [0.2, 0.25) is 0 Å². The SMILES string of the molecule is NCC(F)(C1CC1)C1CCOC2(CCOCC2)C1. The molecule has 3 aliphatic rings. The van der Waals surface area contributed by atoms with Crippen molar-refractivity contribution in [1.82, 2.24) is 0 Å². The Kier molecular flexibility index (Phi) is 3.37. The monoisotopic (exact) mass is 257 g/mol. The van der Waals surface area contributed by atoms with E-state index in [0.29, 0.717) is 6.61 Å². The maximum Gasteiger partial charge on any atom is 0.129 e. The number of ether oxygens (including phenoxy) is 2. The number of halogens is 1. The summed E-state index contributed by atoms with van der Waals surface area (Å²) < 4.78 is 26.5. The molecule has 104 valence electrons. The van der Waals surface area contributed by atoms with Crippen molar-refractivity contribution in [2.45, 2.75) is 49.8 Å². The van der Waals surface area contributed by atoms with Crippen molar-refractivity contribution in [2.75, 3.05) is 26.4 Å². The van der Waals surface area contributed by atoms with Crippen LogP contribution in [0.5, 0.6) is 0 Å². The second kappa shape index (κ2) is 4.73. The third-order valence-corrected chi connectivity index (χ3v) is 5.14. The number of rotatable bonds is 3. The summed E-state index contributed by atoms with van der Waals surface area (Å²) in [4.78, 5) is 0. The quantitative estimate of drug-likeness (QED) is 0.841. The first-order valence-electron chi connectivity index (χ1n) is 7.29. The molecule has 1 saturated carbocycles. The Hall–Kier alpha value is -0.190. The molecule has 0 aromatic carbocycles. The lowest BCUT2D eigenvalue weighted by Crippen LogP contribution is -2.52. The van der Waals surface area contributed by atoms with Gasteiger partial charge in [0.05, 0.1) is 5.60 Å². The largest absolute Gasteiger partial charge is 0.381 e. The zero-order chi connectivity index (χ0) is 12.6. The molecule has 0 aromatic heterocycles. The molecule has 18 heavy (non-hydrogen) atoms. The van der Waals surface area contributed by atoms with E-state index < -0.39 is 5.67 Å². The van der Waals surface area contributed by atoms with E-state index >= 15 is 4.39 Å². The minimum absolute atomic E-state index is 0.0850. The molecule has 0 bridgehead atoms. The lowest BCUT2D eigenvalue weighted by atomic mass is 9.72. The van der Waals surface area contributed by atoms with Crippen molar-refractivity contribution in [1.29, 1.82) is 0 Å². The van der Waals surface area contributed by atoms with Crippen molar-refractivity contribution >= 4 is 0 Å². The van der Waals surface area contributed by atoms with Crippen LogP contribution in [-0.4, -0.2) is 37.6 Å². The number of nitrogens with two attached hydrogens (primary N) is 1. The van der Waals surface area contributed by atoms with Crippen LogP contribution in [0.3, 0.4) is 0 Å². The predicted octanol–water partition coefficient (Wildman–Crippen LogP) is 2.04. The van der Waals surface area contributed by atoms with Gasteiger partial charge in [-0.15, -0.1) is 0 Å². The Morgan fingerprint density at radius 1 is 1.11 bits per heavy atom. The summed E-state index contributed by atoms with van der Waals surface area (Å²) in [5.41, 5.74) is 4.49. The number of hydrogen-bond donors (Lipinski definition) is 1. The third-order valence-electron chi connectivity index (χ3n) is 5.14. The predicted molar refractivity (Wildman–Crippen MR) is 67.1 cm³/mol. The molecule has 2 atom stereocenters. The highest BCUT2D eigenvalue weighted by atomic mass is 19.1. The van der Waals surface area contributed by atoms with Crippen LogP contribution in [0.1, 0.15) is 38.5 Å². The average Bonchev–Trinajstić information content (AvgIpc) is 3.23. The molecule has 3 fully saturated rings. The van der Waals surface area contributed by atoms with E-state index in [9.17, 15) is 0 Å². The van der Waals surface area contributed by atoms with Gasteiger partial charge in [-0.05, 0) is 50.4 Å². The normalized spacial score (nSPS) is 35.3. The van der Waals surface area contributed by atoms with E-state index in [4.69, 9.17) is 15.2 Å². The Bertz CT molecular complexity index is 297. The molecule has 3 rings (SSSR count). The van der Waals surface area contributed by atoms with E-state index in [1.54, 1.807) is 0 Å². The van der Waals surface area contributed by atoms with Crippen molar-refractivity contribution in [3.05, 3.63) is 0 Å². The molecular weight excluding hydrogens is 233 g/mol. The fraction of sp³-hybridized carbons (Fsp3) is 1.00. The van der Waals surface area contributed by atoms with Crippen molar-refractivity contribution in [3.8, 4) is 0 Å². The molecule has 2 unspecified atom stereocenters. The van der Waals surface area contributed by atoms with Crippen molar-refractivity contribution < 1.29 is 13.9 Å². The van der Waals surface area contributed by atoms with Crippen LogP contribution in [-0.2, 0) is 9.47 Å². The van der Waals surface area contributed by atoms with Crippen LogP contribution in [0, 0.1) is 11.8 Å². The van der Waals surface area contributed by atoms with Crippen molar-refractivity contribution in [3.63, 3.8) is 0 Å². The first-order valence-corrected chi connectivity index (χ1v) is 7.29. The summed E-state index contributed by atoms with van der Waals surface area (Å²) >= 11 is 0. The Morgan fingerprint density at radius 3 is 2.44 bits per heavy atom. The van der Waals surface area contributed by atoms with Crippen LogP contribution >= 0.6 is 0 Å². The van der Waals surface area contributed by atoms with Crippen LogP contribution in [0.4, 0.5) is 4.39 Å². The second-order valence-electron chi connectivity index (χ2n) is 6.24. The molecule has 2 heterocycles. The molecule has 3 nitrogen and oxygen atoms in total. The first kappa shape index (κ1) is 12.8. The topological polar surface area (TPSA) is 44.5 Å². The molecule has 2 N–H and O–H groups in total. The molecule has 0 radical (unpaired) electrons. The fourth-order valence-electron chi connectivity index (χ4n) is 3.76. The molecule has 4 heteroatoms. The minimum atomic E-state index is -1.14. The molecule has 1 spiro atoms. The maximum absolute atomic E-state index is 15.1. The van der Waals surface area contributed by atoms with Gasteiger partial charge in [-0.2, -0.15) is 0 Å². The van der Waals surface area contributed by atoms with Crippen LogP contribution in [0.15, 0.2) is 0 Å². The zero-order valence-electron chi connectivity index (χ0n) is 11.0. The highest BCUT2D eigenvalue weighted by Gasteiger charge is 2.53. The van der Waals surface area contributed by atoms with E-state index in [2.05, 4.69) is 0 Å². The number of hydrogen-bond acceptors (Lipinski definition) is 3. The smallest absolute Gasteiger partial charge is 0.129 e. The molecule has 2 aliphatic heterocycles. The maximum atomic E-state index is 15.1. The van der Waals surface area contributed by atoms with E-state index in [1.807, 2.05) is 0 Å². The van der Waals surface area contributed by atoms with Crippen LogP contribution in [0.25, 0.3) is 0 Å². The van der Waals surface area contributed by atoms with Gasteiger partial charge in [0.25, 0.3) is 0 Å². The van der Waals surface area contributed by atoms with Crippen molar-refractivity contribution in [2.24, 2.45) is 17.6 Å². The highest BCUT2D eigenvalue weighted by Crippen LogP contribution is 2.51. The molecular formula is C14H24FNO2. The van der Waals surface area contributed by atoms with Gasteiger partial charge in [-0.25, -0.2) is 4.39 Å². The average molecular weight is 257 g/mol. The van der Waals surface area contributed by atoms with Gasteiger partial charge < -0.3 is 15.2 Å². The standard InChI is InChI=1S/C14H24FNO2/c15-14(10-16,11-1-2-11)12-3-6-18-13(9-12)4-7-17-8-5-13/h11-12H,1-10,16H2. The van der Waals surface area contributed by atoms with Gasteiger partial charge in [-0.1, -0.05) is 0 Å². The molecule has 2 saturated heterocycles. The van der Waals surface area contributed by atoms with E-state index in [-0.39, 0.29) is 24.0 Å². The van der Waals surface area contributed by atoms with E-state index in [1.165, 1.54) is 0 Å². The third kappa shape index (κ3) is 2.19. The van der Waals surface area contributed by atoms with Crippen LogP contribution < -0.4 is 5.73 Å². The van der Waals surface area contributed by atoms with Gasteiger partial charge in [0.2, 0.25) is 0 Å². The van der Waals surface area contributed by atoms with Gasteiger partial charge in [0.15, 0.2) is 0 Å². The van der Waals surface area contributed by atoms with Gasteiger partial charge in [0, 0.05) is 26.4 Å². The lowest BCUT2D eigenvalue weighted by molar-refractivity contribution is -0.165. The summed E-state index contributed by atoms with van der Waals surface area (Å²) in [6, 6.07) is 0. The second-order valence-corrected chi connectivity index (χ2v) is 6.24. The van der Waals surface area contributed by atoms with E-state index in [0.717, 1.165) is 51.7 Å². The Morgan fingerprint density at radius 2 is 1.83 bits per heavy atom. The first-order chi connectivity index (χ1) is 8.69. The Balaban J connectivity index is 1.72. The minimum Gasteiger partial charge on any atom is -0.381 e. The summed E-state index contributed by atoms with van der Waals surface area (Å²) in [5, 5.41) is 0. The Labute approximate surface area is 108 Å². The lowest BCUT2D eigenvalue weighted by Gasteiger charge is -2.47. The summed E-state index contributed by atoms with van der Waals surface area (Å²) in [6.07, 6.45) is 5.51. The summed E-state index contributed by atoms with van der Waals surface area (Å²) in [5.74, 6) is 0.296.